The van der Waals surface area contributed by atoms with Crippen LogP contribution in [-0.2, 0) is 14.2 Å². The van der Waals surface area contributed by atoms with Gasteiger partial charge in [-0.2, -0.15) is 5.10 Å². The maximum absolute atomic E-state index is 12.3. The zero-order valence-electron chi connectivity index (χ0n) is 16.1. The maximum atomic E-state index is 12.3. The second-order valence-corrected chi connectivity index (χ2v) is 7.14. The Balaban J connectivity index is 1.58. The average Bonchev–Trinajstić information content (AvgIpc) is 3.26. The number of rotatable bonds is 5. The molecule has 1 fully saturated rings. The number of hydrogen-bond donors (Lipinski definition) is 2. The topological polar surface area (TPSA) is 121 Å². The molecule has 1 aliphatic rings. The fourth-order valence-corrected chi connectivity index (χ4v) is 3.74. The first-order valence-corrected chi connectivity index (χ1v) is 9.13. The van der Waals surface area contributed by atoms with Gasteiger partial charge in [0.15, 0.2) is 5.82 Å². The molecular weight excluding hydrogens is 376 g/mol. The van der Waals surface area contributed by atoms with Gasteiger partial charge in [-0.15, -0.1) is 0 Å². The van der Waals surface area contributed by atoms with Crippen molar-refractivity contribution in [3.63, 3.8) is 0 Å². The van der Waals surface area contributed by atoms with Gasteiger partial charge < -0.3 is 25.1 Å². The summed E-state index contributed by atoms with van der Waals surface area (Å²) < 4.78 is 18.7. The van der Waals surface area contributed by atoms with Gasteiger partial charge in [0.2, 0.25) is 0 Å². The van der Waals surface area contributed by atoms with E-state index in [-0.39, 0.29) is 6.61 Å². The fraction of sp³-hybridized carbons (Fsp3) is 0.350. The highest BCUT2D eigenvalue weighted by molar-refractivity contribution is 5.89. The third-order valence-corrected chi connectivity index (χ3v) is 5.17. The van der Waals surface area contributed by atoms with Crippen LogP contribution in [0.3, 0.4) is 0 Å². The van der Waals surface area contributed by atoms with Crippen LogP contribution < -0.4 is 5.73 Å². The Labute approximate surface area is 167 Å². The number of fused-ring (bicyclic) bond motifs is 1. The Kier molecular flexibility index (Phi) is 4.95. The maximum Gasteiger partial charge on any atom is 0.338 e. The van der Waals surface area contributed by atoms with Gasteiger partial charge in [-0.25, -0.2) is 14.3 Å². The second-order valence-electron chi connectivity index (χ2n) is 7.14. The Morgan fingerprint density at radius 2 is 2.07 bits per heavy atom. The summed E-state index contributed by atoms with van der Waals surface area (Å²) in [6, 6.07) is 12.2. The van der Waals surface area contributed by atoms with Crippen LogP contribution >= 0.6 is 0 Å². The number of benzene rings is 1. The lowest BCUT2D eigenvalue weighted by Gasteiger charge is -2.29. The van der Waals surface area contributed by atoms with Gasteiger partial charge in [0, 0.05) is 7.11 Å². The molecule has 0 aliphatic carbocycles. The zero-order valence-corrected chi connectivity index (χ0v) is 16.1. The predicted molar refractivity (Wildman–Crippen MR) is 103 cm³/mol. The Bertz CT molecular complexity index is 1020. The number of nitrogens with two attached hydrogens (primary N) is 1. The van der Waals surface area contributed by atoms with E-state index in [4.69, 9.17) is 19.9 Å². The number of ether oxygens (including phenoxy) is 3. The number of methoxy groups -OCH3 is 1. The minimum absolute atomic E-state index is 0.0901. The molecule has 1 aliphatic heterocycles. The number of nitrogen functional groups attached to an aromatic ring is 1. The second kappa shape index (κ2) is 7.43. The molecule has 0 spiro atoms. The van der Waals surface area contributed by atoms with Crippen molar-refractivity contribution in [1.82, 2.24) is 14.6 Å². The van der Waals surface area contributed by atoms with Gasteiger partial charge in [0.05, 0.1) is 11.3 Å². The van der Waals surface area contributed by atoms with E-state index in [9.17, 15) is 9.90 Å². The molecule has 0 saturated carbocycles. The highest BCUT2D eigenvalue weighted by atomic mass is 16.6. The molecule has 2 aromatic heterocycles. The molecule has 9 nitrogen and oxygen atoms in total. The summed E-state index contributed by atoms with van der Waals surface area (Å²) in [6.07, 6.45) is -1.14. The number of aliphatic hydroxyl groups is 1. The lowest BCUT2D eigenvalue weighted by Crippen LogP contribution is -2.46. The Hall–Kier alpha value is -3.01. The molecule has 3 heterocycles. The summed E-state index contributed by atoms with van der Waals surface area (Å²) in [5, 5.41) is 15.1. The molecule has 0 bridgehead atoms. The standard InChI is InChI=1S/C20H22N4O5/c1-20(10-28-19(26)12-6-4-3-5-7-12)17(27-2)15(25)16(29-20)13-8-9-14-18(21)22-11-23-24(13)14/h3-9,11,15-17,25H,10H2,1-2H3,(H2,21,22,23)/t15-,16-,17-,20+/m0/s1. The quantitative estimate of drug-likeness (QED) is 0.618. The van der Waals surface area contributed by atoms with Crippen molar-refractivity contribution in [3.8, 4) is 0 Å². The lowest BCUT2D eigenvalue weighted by molar-refractivity contribution is -0.113. The molecule has 0 unspecified atom stereocenters. The molecule has 0 radical (unpaired) electrons. The van der Waals surface area contributed by atoms with Crippen molar-refractivity contribution in [3.05, 3.63) is 60.0 Å². The molecule has 3 aromatic rings. The van der Waals surface area contributed by atoms with E-state index in [1.165, 1.54) is 13.4 Å². The molecule has 3 N–H and O–H groups in total. The Morgan fingerprint density at radius 3 is 2.79 bits per heavy atom. The van der Waals surface area contributed by atoms with Crippen LogP contribution in [0.2, 0.25) is 0 Å². The van der Waals surface area contributed by atoms with Gasteiger partial charge >= 0.3 is 5.97 Å². The largest absolute Gasteiger partial charge is 0.459 e. The first-order chi connectivity index (χ1) is 13.9. The van der Waals surface area contributed by atoms with E-state index < -0.39 is 29.9 Å². The van der Waals surface area contributed by atoms with Crippen LogP contribution in [0, 0.1) is 0 Å². The number of carbonyl (C=O) groups is 1. The molecule has 29 heavy (non-hydrogen) atoms. The summed E-state index contributed by atoms with van der Waals surface area (Å²) in [7, 11) is 1.48. The lowest BCUT2D eigenvalue weighted by atomic mass is 9.96. The summed E-state index contributed by atoms with van der Waals surface area (Å²) in [4.78, 5) is 16.3. The van der Waals surface area contributed by atoms with Crippen LogP contribution in [0.4, 0.5) is 5.82 Å². The molecule has 152 valence electrons. The average molecular weight is 398 g/mol. The van der Waals surface area contributed by atoms with E-state index >= 15 is 0 Å². The van der Waals surface area contributed by atoms with E-state index in [0.29, 0.717) is 22.6 Å². The molecule has 1 saturated heterocycles. The van der Waals surface area contributed by atoms with E-state index in [2.05, 4.69) is 10.1 Å². The van der Waals surface area contributed by atoms with Crippen molar-refractivity contribution in [2.75, 3.05) is 19.5 Å². The van der Waals surface area contributed by atoms with Crippen molar-refractivity contribution in [1.29, 1.82) is 0 Å². The first kappa shape index (κ1) is 19.3. The summed E-state index contributed by atoms with van der Waals surface area (Å²) in [5.41, 5.74) is 6.47. The highest BCUT2D eigenvalue weighted by Crippen LogP contribution is 2.42. The summed E-state index contributed by atoms with van der Waals surface area (Å²) in [6.45, 7) is 1.65. The molecule has 0 amide bonds. The zero-order chi connectivity index (χ0) is 20.6. The van der Waals surface area contributed by atoms with Crippen LogP contribution in [0.1, 0.15) is 29.1 Å². The number of anilines is 1. The first-order valence-electron chi connectivity index (χ1n) is 9.13. The number of aliphatic hydroxyl groups excluding tert-OH is 1. The monoisotopic (exact) mass is 398 g/mol. The molecule has 1 aromatic carbocycles. The van der Waals surface area contributed by atoms with Crippen LogP contribution in [0.15, 0.2) is 48.8 Å². The fourth-order valence-electron chi connectivity index (χ4n) is 3.74. The van der Waals surface area contributed by atoms with Gasteiger partial charge in [-0.05, 0) is 31.2 Å². The number of carbonyl (C=O) groups excluding carboxylic acids is 1. The van der Waals surface area contributed by atoms with E-state index in [1.807, 2.05) is 6.07 Å². The van der Waals surface area contributed by atoms with Crippen LogP contribution in [0.25, 0.3) is 5.52 Å². The van der Waals surface area contributed by atoms with Gasteiger partial charge in [0.25, 0.3) is 0 Å². The Morgan fingerprint density at radius 1 is 1.31 bits per heavy atom. The molecular formula is C20H22N4O5. The third kappa shape index (κ3) is 3.33. The van der Waals surface area contributed by atoms with Gasteiger partial charge in [0.1, 0.15) is 42.4 Å². The minimum atomic E-state index is -1.06. The molecule has 4 atom stereocenters. The SMILES string of the molecule is CO[C@H]1[C@@H](O)[C@H](c2ccc3c(N)ncnn23)O[C@]1(C)COC(=O)c1ccccc1. The van der Waals surface area contributed by atoms with Crippen LogP contribution in [-0.4, -0.2) is 57.2 Å². The highest BCUT2D eigenvalue weighted by Gasteiger charge is 2.54. The van der Waals surface area contributed by atoms with Crippen molar-refractivity contribution < 1.29 is 24.1 Å². The number of nitrogens with zero attached hydrogens (tertiary/aromatic N) is 3. The smallest absolute Gasteiger partial charge is 0.338 e. The van der Waals surface area contributed by atoms with E-state index in [1.54, 1.807) is 47.8 Å². The van der Waals surface area contributed by atoms with Crippen LogP contribution in [0.5, 0.6) is 0 Å². The predicted octanol–water partition coefficient (Wildman–Crippen LogP) is 1.37. The van der Waals surface area contributed by atoms with Gasteiger partial charge in [-0.3, -0.25) is 0 Å². The molecule has 9 heteroatoms. The summed E-state index contributed by atoms with van der Waals surface area (Å²) in [5.74, 6) is -0.154. The minimum Gasteiger partial charge on any atom is -0.459 e. The summed E-state index contributed by atoms with van der Waals surface area (Å²) >= 11 is 0. The normalized spacial score (nSPS) is 26.7. The third-order valence-electron chi connectivity index (χ3n) is 5.17. The number of hydrogen-bond acceptors (Lipinski definition) is 8. The molecule has 4 rings (SSSR count). The van der Waals surface area contributed by atoms with E-state index in [0.717, 1.165) is 0 Å². The van der Waals surface area contributed by atoms with Gasteiger partial charge in [-0.1, -0.05) is 18.2 Å². The van der Waals surface area contributed by atoms with Crippen molar-refractivity contribution in [2.45, 2.75) is 30.8 Å². The number of aromatic nitrogens is 3. The van der Waals surface area contributed by atoms with Crippen molar-refractivity contribution >= 4 is 17.3 Å². The van der Waals surface area contributed by atoms with Crippen molar-refractivity contribution in [2.24, 2.45) is 0 Å². The number of esters is 1.